The smallest absolute Gasteiger partial charge is 0.219 e. The molecular formula is C17H16N6O2S3. The molecule has 144 valence electrons. The zero-order valence-electron chi connectivity index (χ0n) is 14.9. The summed E-state index contributed by atoms with van der Waals surface area (Å²) in [5.41, 5.74) is 6.07. The number of thiazole rings is 1. The Bertz CT molecular complexity index is 1020. The minimum atomic E-state index is -0.898. The number of carbonyl (C=O) groups excluding carboxylic acids is 2. The second-order valence-electron chi connectivity index (χ2n) is 5.80. The molecule has 2 N–H and O–H groups in total. The number of Topliss-reactive ketones (excluding diaryl/α,β-unsaturated/α-hetero) is 1. The molecule has 0 aliphatic rings. The lowest BCUT2D eigenvalue weighted by molar-refractivity contribution is -0.118. The van der Waals surface area contributed by atoms with Crippen molar-refractivity contribution in [2.24, 2.45) is 5.73 Å². The lowest BCUT2D eigenvalue weighted by Gasteiger charge is -2.09. The zero-order valence-corrected chi connectivity index (χ0v) is 17.3. The van der Waals surface area contributed by atoms with Crippen molar-refractivity contribution < 1.29 is 9.59 Å². The van der Waals surface area contributed by atoms with Crippen molar-refractivity contribution in [3.05, 3.63) is 33.6 Å². The van der Waals surface area contributed by atoms with E-state index in [9.17, 15) is 14.9 Å². The number of aryl methyl sites for hydroxylation is 1. The minimum absolute atomic E-state index is 0.0516. The number of hydrogen-bond donors (Lipinski definition) is 1. The third kappa shape index (κ3) is 4.64. The van der Waals surface area contributed by atoms with Crippen molar-refractivity contribution in [3.63, 3.8) is 0 Å². The van der Waals surface area contributed by atoms with Gasteiger partial charge in [0.1, 0.15) is 5.01 Å². The normalized spacial score (nSPS) is 11.9. The minimum Gasteiger partial charge on any atom is -0.370 e. The van der Waals surface area contributed by atoms with Gasteiger partial charge in [-0.05, 0) is 18.4 Å². The molecule has 1 atom stereocenters. The molecular weight excluding hydrogens is 416 g/mol. The number of thioether (sulfide) groups is 1. The Morgan fingerprint density at radius 3 is 2.82 bits per heavy atom. The van der Waals surface area contributed by atoms with E-state index in [0.29, 0.717) is 22.5 Å². The van der Waals surface area contributed by atoms with Crippen LogP contribution in [-0.4, -0.2) is 37.2 Å². The van der Waals surface area contributed by atoms with Crippen molar-refractivity contribution in [2.75, 3.05) is 5.75 Å². The largest absolute Gasteiger partial charge is 0.370 e. The number of amides is 1. The Hall–Kier alpha value is -2.55. The summed E-state index contributed by atoms with van der Waals surface area (Å²) in [5.74, 6) is -0.898. The number of ketones is 1. The Kier molecular flexibility index (Phi) is 6.56. The van der Waals surface area contributed by atoms with Crippen LogP contribution < -0.4 is 5.73 Å². The van der Waals surface area contributed by atoms with E-state index >= 15 is 0 Å². The Balaban J connectivity index is 1.77. The SMILES string of the molecule is Cc1csc([C@H](C#N)C(=O)CSc2nnc(-c3cccs3)n2CCC(N)=O)n1. The second-order valence-corrected chi connectivity index (χ2v) is 8.58. The van der Waals surface area contributed by atoms with Gasteiger partial charge in [0, 0.05) is 24.0 Å². The first-order valence-corrected chi connectivity index (χ1v) is 11.0. The molecule has 28 heavy (non-hydrogen) atoms. The van der Waals surface area contributed by atoms with Gasteiger partial charge in [-0.2, -0.15) is 5.26 Å². The van der Waals surface area contributed by atoms with Crippen LogP contribution in [0.1, 0.15) is 23.0 Å². The molecule has 0 unspecified atom stereocenters. The van der Waals surface area contributed by atoms with E-state index in [0.717, 1.165) is 10.6 Å². The zero-order chi connectivity index (χ0) is 20.1. The van der Waals surface area contributed by atoms with Gasteiger partial charge in [-0.15, -0.1) is 32.9 Å². The summed E-state index contributed by atoms with van der Waals surface area (Å²) in [5, 5.41) is 22.5. The van der Waals surface area contributed by atoms with Crippen molar-refractivity contribution in [3.8, 4) is 16.8 Å². The van der Waals surface area contributed by atoms with Gasteiger partial charge in [-0.25, -0.2) is 4.98 Å². The van der Waals surface area contributed by atoms with E-state index in [1.165, 1.54) is 34.4 Å². The summed E-state index contributed by atoms with van der Waals surface area (Å²) < 4.78 is 1.78. The molecule has 0 aromatic carbocycles. The molecule has 1 amide bonds. The highest BCUT2D eigenvalue weighted by atomic mass is 32.2. The first-order chi connectivity index (χ1) is 13.5. The Labute approximate surface area is 173 Å². The number of nitrogens with two attached hydrogens (primary N) is 1. The van der Waals surface area contributed by atoms with Crippen LogP contribution in [0, 0.1) is 18.3 Å². The monoisotopic (exact) mass is 432 g/mol. The highest BCUT2D eigenvalue weighted by Gasteiger charge is 2.24. The summed E-state index contributed by atoms with van der Waals surface area (Å²) in [7, 11) is 0. The lowest BCUT2D eigenvalue weighted by atomic mass is 10.1. The predicted octanol–water partition coefficient (Wildman–Crippen LogP) is 2.62. The van der Waals surface area contributed by atoms with Gasteiger partial charge in [-0.3, -0.25) is 9.59 Å². The molecule has 0 saturated carbocycles. The number of hydrogen-bond acceptors (Lipinski definition) is 9. The first-order valence-electron chi connectivity index (χ1n) is 8.22. The molecule has 8 nitrogen and oxygen atoms in total. The summed E-state index contributed by atoms with van der Waals surface area (Å²) in [6.45, 7) is 2.14. The van der Waals surface area contributed by atoms with E-state index in [2.05, 4.69) is 15.2 Å². The van der Waals surface area contributed by atoms with E-state index in [1.54, 1.807) is 4.57 Å². The van der Waals surface area contributed by atoms with Crippen LogP contribution in [0.15, 0.2) is 28.0 Å². The van der Waals surface area contributed by atoms with Gasteiger partial charge in [-0.1, -0.05) is 17.8 Å². The molecule has 3 aromatic rings. The summed E-state index contributed by atoms with van der Waals surface area (Å²) in [4.78, 5) is 28.9. The molecule has 0 fully saturated rings. The highest BCUT2D eigenvalue weighted by Crippen LogP contribution is 2.29. The van der Waals surface area contributed by atoms with Crippen molar-refractivity contribution in [1.29, 1.82) is 5.26 Å². The third-order valence-corrected chi connectivity index (χ3v) is 6.60. The van der Waals surface area contributed by atoms with Gasteiger partial charge in [0.25, 0.3) is 0 Å². The maximum atomic E-state index is 12.6. The third-order valence-electron chi connectivity index (χ3n) is 3.72. The number of rotatable bonds is 9. The number of nitrogens with zero attached hydrogens (tertiary/aromatic N) is 5. The fraction of sp³-hybridized carbons (Fsp3) is 0.294. The molecule has 11 heteroatoms. The molecule has 3 aromatic heterocycles. The Morgan fingerprint density at radius 1 is 1.39 bits per heavy atom. The number of primary amides is 1. The van der Waals surface area contributed by atoms with Gasteiger partial charge in [0.15, 0.2) is 22.7 Å². The van der Waals surface area contributed by atoms with Crippen LogP contribution >= 0.6 is 34.4 Å². The van der Waals surface area contributed by atoms with Crippen LogP contribution in [0.4, 0.5) is 0 Å². The maximum Gasteiger partial charge on any atom is 0.219 e. The number of thiophene rings is 1. The molecule has 3 rings (SSSR count). The molecule has 0 radical (unpaired) electrons. The molecule has 0 bridgehead atoms. The summed E-state index contributed by atoms with van der Waals surface area (Å²) in [6.07, 6.45) is 0.136. The van der Waals surface area contributed by atoms with E-state index < -0.39 is 11.8 Å². The van der Waals surface area contributed by atoms with Crippen molar-refractivity contribution in [1.82, 2.24) is 19.7 Å². The van der Waals surface area contributed by atoms with E-state index in [-0.39, 0.29) is 18.0 Å². The predicted molar refractivity (Wildman–Crippen MR) is 108 cm³/mol. The molecule has 0 saturated heterocycles. The van der Waals surface area contributed by atoms with Crippen LogP contribution in [-0.2, 0) is 16.1 Å². The summed E-state index contributed by atoms with van der Waals surface area (Å²) in [6, 6.07) is 5.84. The van der Waals surface area contributed by atoms with Crippen LogP contribution in [0.2, 0.25) is 0 Å². The van der Waals surface area contributed by atoms with Gasteiger partial charge in [0.05, 0.1) is 16.7 Å². The number of aromatic nitrogens is 4. The maximum absolute atomic E-state index is 12.6. The average Bonchev–Trinajstić information content (AvgIpc) is 3.39. The number of nitriles is 1. The van der Waals surface area contributed by atoms with Crippen LogP contribution in [0.3, 0.4) is 0 Å². The summed E-state index contributed by atoms with van der Waals surface area (Å²) >= 11 is 3.99. The fourth-order valence-corrected chi connectivity index (χ4v) is 4.84. The van der Waals surface area contributed by atoms with Crippen molar-refractivity contribution in [2.45, 2.75) is 31.0 Å². The standard InChI is InChI=1S/C17H16N6O2S3/c1-10-8-27-16(20-10)11(7-18)12(24)9-28-17-22-21-15(13-3-2-6-26-13)23(17)5-4-14(19)25/h2-3,6,8,11H,4-5,9H2,1H3,(H2,19,25)/t11-/m1/s1. The van der Waals surface area contributed by atoms with Gasteiger partial charge < -0.3 is 10.3 Å². The van der Waals surface area contributed by atoms with Gasteiger partial charge in [0.2, 0.25) is 5.91 Å². The molecule has 0 aliphatic carbocycles. The quantitative estimate of drug-likeness (QED) is 0.515. The number of carbonyl (C=O) groups is 2. The van der Waals surface area contributed by atoms with Gasteiger partial charge >= 0.3 is 0 Å². The average molecular weight is 433 g/mol. The van der Waals surface area contributed by atoms with E-state index in [4.69, 9.17) is 5.73 Å². The Morgan fingerprint density at radius 2 is 2.21 bits per heavy atom. The first kappa shape index (κ1) is 20.2. The molecule has 3 heterocycles. The highest BCUT2D eigenvalue weighted by molar-refractivity contribution is 7.99. The van der Waals surface area contributed by atoms with Crippen molar-refractivity contribution >= 4 is 46.1 Å². The van der Waals surface area contributed by atoms with Crippen LogP contribution in [0.5, 0.6) is 0 Å². The fourth-order valence-electron chi connectivity index (χ4n) is 2.40. The lowest BCUT2D eigenvalue weighted by Crippen LogP contribution is -2.16. The molecule has 0 aliphatic heterocycles. The molecule has 0 spiro atoms. The van der Waals surface area contributed by atoms with E-state index in [1.807, 2.05) is 35.9 Å². The topological polar surface area (TPSA) is 128 Å². The van der Waals surface area contributed by atoms with Crippen LogP contribution in [0.25, 0.3) is 10.7 Å². The second kappa shape index (κ2) is 9.09.